The van der Waals surface area contributed by atoms with Crippen LogP contribution in [0.3, 0.4) is 0 Å². The molecule has 0 spiro atoms. The van der Waals surface area contributed by atoms with Crippen molar-refractivity contribution in [3.8, 4) is 11.1 Å². The van der Waals surface area contributed by atoms with E-state index in [0.29, 0.717) is 15.6 Å². The average Bonchev–Trinajstić information content (AvgIpc) is 2.55. The van der Waals surface area contributed by atoms with Crippen molar-refractivity contribution in [1.82, 2.24) is 5.06 Å². The number of amides is 1. The van der Waals surface area contributed by atoms with E-state index in [9.17, 15) is 9.59 Å². The van der Waals surface area contributed by atoms with Gasteiger partial charge in [0, 0.05) is 17.1 Å². The molecule has 2 aromatic rings. The Labute approximate surface area is 156 Å². The molecule has 0 aromatic heterocycles. The van der Waals surface area contributed by atoms with E-state index < -0.39 is 17.4 Å². The quantitative estimate of drug-likeness (QED) is 0.724. The van der Waals surface area contributed by atoms with Crippen LogP contribution in [-0.4, -0.2) is 29.4 Å². The number of hydrogen-bond acceptors (Lipinski definition) is 3. The van der Waals surface area contributed by atoms with Gasteiger partial charge in [0.1, 0.15) is 11.5 Å². The number of carbonyl (C=O) groups excluding carboxylic acids is 2. The fourth-order valence-electron chi connectivity index (χ4n) is 2.96. The lowest BCUT2D eigenvalue weighted by Crippen LogP contribution is -2.54. The summed E-state index contributed by atoms with van der Waals surface area (Å²) in [5.41, 5.74) is 1.07. The summed E-state index contributed by atoms with van der Waals surface area (Å²) >= 11 is 12.4. The molecule has 0 bridgehead atoms. The first-order chi connectivity index (χ1) is 11.7. The summed E-state index contributed by atoms with van der Waals surface area (Å²) in [6.45, 7) is 3.28. The predicted octanol–water partition coefficient (Wildman–Crippen LogP) is 4.50. The van der Waals surface area contributed by atoms with Gasteiger partial charge in [0.05, 0.1) is 0 Å². The molecule has 0 radical (unpaired) electrons. The second kappa shape index (κ2) is 6.45. The summed E-state index contributed by atoms with van der Waals surface area (Å²) in [6, 6.07) is 12.6. The Morgan fingerprint density at radius 1 is 1.04 bits per heavy atom. The van der Waals surface area contributed by atoms with Gasteiger partial charge in [-0.15, -0.1) is 0 Å². The highest BCUT2D eigenvalue weighted by Crippen LogP contribution is 2.37. The van der Waals surface area contributed by atoms with Crippen LogP contribution in [0.1, 0.15) is 25.3 Å². The number of halogens is 2. The van der Waals surface area contributed by atoms with Crippen LogP contribution in [0.25, 0.3) is 11.1 Å². The molecule has 2 aromatic carbocycles. The van der Waals surface area contributed by atoms with E-state index in [1.54, 1.807) is 32.0 Å². The van der Waals surface area contributed by atoms with Crippen molar-refractivity contribution < 1.29 is 14.4 Å². The van der Waals surface area contributed by atoms with Gasteiger partial charge in [-0.25, -0.2) is 5.06 Å². The summed E-state index contributed by atoms with van der Waals surface area (Å²) in [5, 5.41) is 2.07. The fraction of sp³-hybridized carbons (Fsp3) is 0.263. The van der Waals surface area contributed by atoms with Crippen LogP contribution >= 0.6 is 23.2 Å². The Balaban J connectivity index is 2.11. The van der Waals surface area contributed by atoms with Gasteiger partial charge in [-0.3, -0.25) is 14.4 Å². The number of nitrogens with zero attached hydrogens (tertiary/aromatic N) is 1. The number of likely N-dealkylation sites (N-methyl/N-ethyl adjacent to an activating group) is 1. The van der Waals surface area contributed by atoms with Crippen molar-refractivity contribution in [3.05, 3.63) is 58.1 Å². The number of benzene rings is 2. The third-order valence-electron chi connectivity index (χ3n) is 4.24. The minimum Gasteiger partial charge on any atom is -0.295 e. The van der Waals surface area contributed by atoms with E-state index in [0.717, 1.165) is 16.2 Å². The van der Waals surface area contributed by atoms with Gasteiger partial charge >= 0.3 is 0 Å². The molecule has 25 heavy (non-hydrogen) atoms. The SMILES string of the molecule is CN1OC(C)(C)C(=O)C(c2cc(-c3cccc(Cl)c3)ccc2Cl)C1=O. The average molecular weight is 378 g/mol. The molecule has 1 amide bonds. The zero-order chi connectivity index (χ0) is 18.4. The summed E-state index contributed by atoms with van der Waals surface area (Å²) in [7, 11) is 1.50. The van der Waals surface area contributed by atoms with Gasteiger partial charge in [-0.05, 0) is 54.8 Å². The van der Waals surface area contributed by atoms with E-state index >= 15 is 0 Å². The van der Waals surface area contributed by atoms with Crippen LogP contribution in [0.2, 0.25) is 10.0 Å². The second-order valence-electron chi connectivity index (χ2n) is 6.48. The predicted molar refractivity (Wildman–Crippen MR) is 97.6 cm³/mol. The van der Waals surface area contributed by atoms with E-state index in [4.69, 9.17) is 28.0 Å². The van der Waals surface area contributed by atoms with E-state index in [-0.39, 0.29) is 5.78 Å². The monoisotopic (exact) mass is 377 g/mol. The number of carbonyl (C=O) groups is 2. The molecule has 6 heteroatoms. The van der Waals surface area contributed by atoms with E-state index in [1.807, 2.05) is 24.3 Å². The standard InChI is InChI=1S/C19H17Cl2NO3/c1-19(2)17(23)16(18(24)22(3)25-19)14-10-12(7-8-15(14)21)11-5-4-6-13(20)9-11/h4-10,16H,1-3H3. The highest BCUT2D eigenvalue weighted by Gasteiger charge is 2.48. The highest BCUT2D eigenvalue weighted by atomic mass is 35.5. The summed E-state index contributed by atoms with van der Waals surface area (Å²) in [5.74, 6) is -1.75. The molecule has 1 unspecified atom stereocenters. The number of rotatable bonds is 2. The molecule has 1 aliphatic heterocycles. The maximum atomic E-state index is 12.8. The number of Topliss-reactive ketones (excluding diaryl/α,β-unsaturated/α-hetero) is 1. The molecule has 0 N–H and O–H groups in total. The first-order valence-electron chi connectivity index (χ1n) is 7.77. The molecule has 0 saturated carbocycles. The van der Waals surface area contributed by atoms with Gasteiger partial charge in [-0.2, -0.15) is 0 Å². The van der Waals surface area contributed by atoms with Crippen molar-refractivity contribution >= 4 is 34.9 Å². The number of hydrogen-bond donors (Lipinski definition) is 0. The van der Waals surface area contributed by atoms with Crippen molar-refractivity contribution in [1.29, 1.82) is 0 Å². The van der Waals surface area contributed by atoms with Crippen LogP contribution in [0.5, 0.6) is 0 Å². The minimum absolute atomic E-state index is 0.319. The van der Waals surface area contributed by atoms with Crippen molar-refractivity contribution in [3.63, 3.8) is 0 Å². The molecule has 1 aliphatic rings. The van der Waals surface area contributed by atoms with Crippen LogP contribution < -0.4 is 0 Å². The highest BCUT2D eigenvalue weighted by molar-refractivity contribution is 6.32. The lowest BCUT2D eigenvalue weighted by Gasteiger charge is -2.38. The lowest BCUT2D eigenvalue weighted by molar-refractivity contribution is -0.233. The molecule has 130 valence electrons. The van der Waals surface area contributed by atoms with E-state index in [1.165, 1.54) is 7.05 Å². The number of ketones is 1. The van der Waals surface area contributed by atoms with Crippen molar-refractivity contribution in [2.24, 2.45) is 0 Å². The minimum atomic E-state index is -1.11. The lowest BCUT2D eigenvalue weighted by atomic mass is 9.83. The van der Waals surface area contributed by atoms with Crippen LogP contribution in [0.4, 0.5) is 0 Å². The van der Waals surface area contributed by atoms with Gasteiger partial charge in [0.15, 0.2) is 5.78 Å². The Morgan fingerprint density at radius 2 is 1.72 bits per heavy atom. The fourth-order valence-corrected chi connectivity index (χ4v) is 3.38. The van der Waals surface area contributed by atoms with E-state index in [2.05, 4.69) is 0 Å². The van der Waals surface area contributed by atoms with Gasteiger partial charge < -0.3 is 0 Å². The molecule has 1 atom stereocenters. The zero-order valence-corrected chi connectivity index (χ0v) is 15.6. The normalized spacial score (nSPS) is 20.0. The smallest absolute Gasteiger partial charge is 0.261 e. The van der Waals surface area contributed by atoms with Gasteiger partial charge in [0.25, 0.3) is 5.91 Å². The first kappa shape index (κ1) is 17.9. The molecule has 1 saturated heterocycles. The molecule has 1 fully saturated rings. The molecule has 4 nitrogen and oxygen atoms in total. The third kappa shape index (κ3) is 3.30. The molecular formula is C19H17Cl2NO3. The third-order valence-corrected chi connectivity index (χ3v) is 4.82. The topological polar surface area (TPSA) is 46.6 Å². The largest absolute Gasteiger partial charge is 0.295 e. The van der Waals surface area contributed by atoms with Gasteiger partial charge in [-0.1, -0.05) is 41.4 Å². The maximum Gasteiger partial charge on any atom is 0.261 e. The van der Waals surface area contributed by atoms with Crippen LogP contribution in [0, 0.1) is 0 Å². The molecule has 1 heterocycles. The Bertz CT molecular complexity index is 863. The summed E-state index contributed by atoms with van der Waals surface area (Å²) in [4.78, 5) is 30.8. The molecular weight excluding hydrogens is 361 g/mol. The molecule has 0 aliphatic carbocycles. The Morgan fingerprint density at radius 3 is 2.40 bits per heavy atom. The van der Waals surface area contributed by atoms with Crippen LogP contribution in [0.15, 0.2) is 42.5 Å². The van der Waals surface area contributed by atoms with Crippen molar-refractivity contribution in [2.75, 3.05) is 7.05 Å². The second-order valence-corrected chi connectivity index (χ2v) is 7.32. The summed E-state index contributed by atoms with van der Waals surface area (Å²) in [6.07, 6.45) is 0. The Kier molecular flexibility index (Phi) is 4.62. The van der Waals surface area contributed by atoms with Crippen LogP contribution in [-0.2, 0) is 14.4 Å². The Hall–Kier alpha value is -1.88. The number of hydroxylamine groups is 2. The van der Waals surface area contributed by atoms with Crippen molar-refractivity contribution in [2.45, 2.75) is 25.4 Å². The molecule has 3 rings (SSSR count). The first-order valence-corrected chi connectivity index (χ1v) is 8.53. The maximum absolute atomic E-state index is 12.8. The zero-order valence-electron chi connectivity index (χ0n) is 14.0. The van der Waals surface area contributed by atoms with Gasteiger partial charge in [0.2, 0.25) is 0 Å². The summed E-state index contributed by atoms with van der Waals surface area (Å²) < 4.78 is 0.